The summed E-state index contributed by atoms with van der Waals surface area (Å²) in [5.41, 5.74) is 3.64. The predicted octanol–water partition coefficient (Wildman–Crippen LogP) is 5.73. The molecule has 35 heavy (non-hydrogen) atoms. The summed E-state index contributed by atoms with van der Waals surface area (Å²) < 4.78 is 5.76. The Morgan fingerprint density at radius 1 is 1.20 bits per heavy atom. The second-order valence-electron chi connectivity index (χ2n) is 8.53. The monoisotopic (exact) mass is 528 g/mol. The second kappa shape index (κ2) is 11.5. The van der Waals surface area contributed by atoms with Gasteiger partial charge in [0.25, 0.3) is 5.91 Å². The zero-order valence-corrected chi connectivity index (χ0v) is 22.3. The van der Waals surface area contributed by atoms with Gasteiger partial charge in [-0.15, -0.1) is 11.3 Å². The number of benzene rings is 1. The molecule has 1 aliphatic heterocycles. The Morgan fingerprint density at radius 3 is 2.69 bits per heavy atom. The molecule has 184 valence electrons. The molecule has 2 aromatic rings. The number of fused-ring (bicyclic) bond motifs is 1. The van der Waals surface area contributed by atoms with Crippen LogP contribution in [0.3, 0.4) is 0 Å². The smallest absolute Gasteiger partial charge is 0.341 e. The minimum atomic E-state index is -0.375. The van der Waals surface area contributed by atoms with Gasteiger partial charge in [-0.1, -0.05) is 53.8 Å². The Hall–Kier alpha value is -2.49. The quantitative estimate of drug-likeness (QED) is 0.268. The standard InChI is InChI=1S/C26H28N2O4S3/c1-3-32-25(31)22-18-7-4-5-8-19(18)34-23(22)27-21(29)9-6-14-28-24(30)20(35-26(28)33)15-17-12-10-16(2)11-13-17/h10-13,15H,3-9,14H2,1-2H3,(H,27,29). The minimum Gasteiger partial charge on any atom is -0.462 e. The zero-order chi connectivity index (χ0) is 24.9. The maximum Gasteiger partial charge on any atom is 0.341 e. The van der Waals surface area contributed by atoms with Crippen molar-refractivity contribution in [1.82, 2.24) is 4.90 Å². The molecule has 1 aliphatic carbocycles. The van der Waals surface area contributed by atoms with Crippen molar-refractivity contribution in [2.24, 2.45) is 0 Å². The molecule has 0 radical (unpaired) electrons. The first-order chi connectivity index (χ1) is 16.9. The van der Waals surface area contributed by atoms with Crippen LogP contribution in [0.4, 0.5) is 5.00 Å². The normalized spacial score (nSPS) is 16.5. The van der Waals surface area contributed by atoms with Crippen LogP contribution in [-0.2, 0) is 27.2 Å². The Balaban J connectivity index is 1.35. The first kappa shape index (κ1) is 25.6. The van der Waals surface area contributed by atoms with Crippen LogP contribution in [-0.4, -0.2) is 40.2 Å². The van der Waals surface area contributed by atoms with E-state index in [0.717, 1.165) is 47.3 Å². The van der Waals surface area contributed by atoms with Crippen molar-refractivity contribution in [3.63, 3.8) is 0 Å². The van der Waals surface area contributed by atoms with Crippen molar-refractivity contribution >= 4 is 68.5 Å². The van der Waals surface area contributed by atoms with E-state index in [0.29, 0.717) is 39.4 Å². The number of thiocarbonyl (C=S) groups is 1. The summed E-state index contributed by atoms with van der Waals surface area (Å²) in [5.74, 6) is -0.688. The molecule has 0 bridgehead atoms. The van der Waals surface area contributed by atoms with Crippen LogP contribution in [0, 0.1) is 6.92 Å². The van der Waals surface area contributed by atoms with Gasteiger partial charge < -0.3 is 10.1 Å². The first-order valence-electron chi connectivity index (χ1n) is 11.8. The lowest BCUT2D eigenvalue weighted by Gasteiger charge is -2.14. The highest BCUT2D eigenvalue weighted by Gasteiger charge is 2.32. The maximum absolute atomic E-state index is 12.8. The Labute approximate surface area is 219 Å². The fraction of sp³-hybridized carbons (Fsp3) is 0.385. The van der Waals surface area contributed by atoms with E-state index in [1.165, 1.54) is 23.1 Å². The van der Waals surface area contributed by atoms with Gasteiger partial charge in [0.2, 0.25) is 5.91 Å². The molecule has 1 aromatic heterocycles. The van der Waals surface area contributed by atoms with Crippen LogP contribution in [0.25, 0.3) is 6.08 Å². The predicted molar refractivity (Wildman–Crippen MR) is 146 cm³/mol. The number of carbonyl (C=O) groups is 3. The van der Waals surface area contributed by atoms with Crippen molar-refractivity contribution in [2.75, 3.05) is 18.5 Å². The van der Waals surface area contributed by atoms with Gasteiger partial charge in [-0.3, -0.25) is 14.5 Å². The van der Waals surface area contributed by atoms with Gasteiger partial charge in [-0.2, -0.15) is 0 Å². The summed E-state index contributed by atoms with van der Waals surface area (Å²) in [7, 11) is 0. The average Bonchev–Trinajstić information content (AvgIpc) is 3.32. The number of nitrogens with one attached hydrogen (secondary N) is 1. The highest BCUT2D eigenvalue weighted by atomic mass is 32.2. The molecule has 2 heterocycles. The number of hydrogen-bond acceptors (Lipinski definition) is 7. The fourth-order valence-electron chi connectivity index (χ4n) is 4.17. The SMILES string of the molecule is CCOC(=O)c1c(NC(=O)CCCN2C(=O)C(=Cc3ccc(C)cc3)SC2=S)sc2c1CCCC2. The third kappa shape index (κ3) is 6.02. The lowest BCUT2D eigenvalue weighted by atomic mass is 9.95. The third-order valence-electron chi connectivity index (χ3n) is 5.94. The average molecular weight is 529 g/mol. The highest BCUT2D eigenvalue weighted by molar-refractivity contribution is 8.26. The molecular weight excluding hydrogens is 500 g/mol. The van der Waals surface area contributed by atoms with Gasteiger partial charge in [0.15, 0.2) is 0 Å². The van der Waals surface area contributed by atoms with Gasteiger partial charge in [-0.05, 0) is 63.2 Å². The summed E-state index contributed by atoms with van der Waals surface area (Å²) in [4.78, 5) is 41.5. The third-order valence-corrected chi connectivity index (χ3v) is 8.52. The van der Waals surface area contributed by atoms with E-state index >= 15 is 0 Å². The van der Waals surface area contributed by atoms with E-state index in [4.69, 9.17) is 17.0 Å². The number of thiophene rings is 1. The molecule has 2 amide bonds. The van der Waals surface area contributed by atoms with Crippen molar-refractivity contribution in [3.05, 3.63) is 56.3 Å². The largest absolute Gasteiger partial charge is 0.462 e. The lowest BCUT2D eigenvalue weighted by molar-refractivity contribution is -0.122. The van der Waals surface area contributed by atoms with Gasteiger partial charge in [-0.25, -0.2) is 4.79 Å². The number of ether oxygens (including phenoxy) is 1. The number of hydrogen-bond donors (Lipinski definition) is 1. The molecule has 0 spiro atoms. The molecule has 4 rings (SSSR count). The van der Waals surface area contributed by atoms with Crippen molar-refractivity contribution in [3.8, 4) is 0 Å². The van der Waals surface area contributed by atoms with Crippen LogP contribution < -0.4 is 5.32 Å². The highest BCUT2D eigenvalue weighted by Crippen LogP contribution is 2.39. The van der Waals surface area contributed by atoms with E-state index in [-0.39, 0.29) is 24.2 Å². The van der Waals surface area contributed by atoms with Crippen LogP contribution in [0.15, 0.2) is 29.2 Å². The minimum absolute atomic E-state index is 0.128. The van der Waals surface area contributed by atoms with Gasteiger partial charge >= 0.3 is 5.97 Å². The van der Waals surface area contributed by atoms with Crippen LogP contribution in [0.5, 0.6) is 0 Å². The summed E-state index contributed by atoms with van der Waals surface area (Å²) in [6.45, 7) is 4.45. The molecule has 9 heteroatoms. The first-order valence-corrected chi connectivity index (χ1v) is 13.8. The summed E-state index contributed by atoms with van der Waals surface area (Å²) >= 11 is 8.18. The van der Waals surface area contributed by atoms with Crippen LogP contribution >= 0.6 is 35.3 Å². The Bertz CT molecular complexity index is 1180. The van der Waals surface area contributed by atoms with Crippen LogP contribution in [0.2, 0.25) is 0 Å². The number of esters is 1. The molecule has 0 unspecified atom stereocenters. The summed E-state index contributed by atoms with van der Waals surface area (Å²) in [6.07, 6.45) is 6.42. The molecule has 0 atom stereocenters. The van der Waals surface area contributed by atoms with E-state index in [1.54, 1.807) is 11.8 Å². The van der Waals surface area contributed by atoms with Gasteiger partial charge in [0, 0.05) is 17.8 Å². The van der Waals surface area contributed by atoms with Crippen molar-refractivity contribution in [2.45, 2.75) is 52.4 Å². The van der Waals surface area contributed by atoms with E-state index in [1.807, 2.05) is 37.3 Å². The van der Waals surface area contributed by atoms with Crippen molar-refractivity contribution in [1.29, 1.82) is 0 Å². The Kier molecular flexibility index (Phi) is 8.41. The number of aryl methyl sites for hydroxylation is 2. The number of nitrogens with zero attached hydrogens (tertiary/aromatic N) is 1. The number of anilines is 1. The number of thioether (sulfide) groups is 1. The van der Waals surface area contributed by atoms with E-state index in [9.17, 15) is 14.4 Å². The van der Waals surface area contributed by atoms with Crippen LogP contribution in [0.1, 0.15) is 64.5 Å². The molecule has 1 saturated heterocycles. The number of amides is 2. The summed E-state index contributed by atoms with van der Waals surface area (Å²) in [5, 5.41) is 3.50. The number of carbonyl (C=O) groups excluding carboxylic acids is 3. The maximum atomic E-state index is 12.8. The molecule has 2 aliphatic rings. The molecular formula is C26H28N2O4S3. The molecule has 1 N–H and O–H groups in total. The van der Waals surface area contributed by atoms with E-state index in [2.05, 4.69) is 5.32 Å². The van der Waals surface area contributed by atoms with Crippen molar-refractivity contribution < 1.29 is 19.1 Å². The number of rotatable bonds is 8. The fourth-order valence-corrected chi connectivity index (χ4v) is 6.77. The molecule has 0 saturated carbocycles. The zero-order valence-electron chi connectivity index (χ0n) is 19.8. The van der Waals surface area contributed by atoms with Gasteiger partial charge in [0.1, 0.15) is 9.32 Å². The Morgan fingerprint density at radius 2 is 1.94 bits per heavy atom. The molecule has 6 nitrogen and oxygen atoms in total. The molecule has 1 aromatic carbocycles. The molecule has 1 fully saturated rings. The van der Waals surface area contributed by atoms with Gasteiger partial charge in [0.05, 0.1) is 17.1 Å². The topological polar surface area (TPSA) is 75.7 Å². The lowest BCUT2D eigenvalue weighted by Crippen LogP contribution is -2.29. The second-order valence-corrected chi connectivity index (χ2v) is 11.3. The summed E-state index contributed by atoms with van der Waals surface area (Å²) in [6, 6.07) is 7.95. The van der Waals surface area contributed by atoms with E-state index < -0.39 is 0 Å².